The van der Waals surface area contributed by atoms with Crippen molar-refractivity contribution in [3.05, 3.63) is 95.6 Å². The molecule has 0 fully saturated rings. The van der Waals surface area contributed by atoms with Crippen LogP contribution in [0.5, 0.6) is 5.75 Å². The smallest absolute Gasteiger partial charge is 0.251 e. The van der Waals surface area contributed by atoms with Crippen molar-refractivity contribution < 1.29 is 14.3 Å². The van der Waals surface area contributed by atoms with E-state index in [1.54, 1.807) is 31.4 Å². The SMILES string of the molecule is COc1ccc(CNC(=O)c2ccc(NC(=O)Cc3ccccc3)cc2)cc1. The predicted octanol–water partition coefficient (Wildman–Crippen LogP) is 3.81. The van der Waals surface area contributed by atoms with Crippen molar-refractivity contribution in [1.29, 1.82) is 0 Å². The number of carbonyl (C=O) groups is 2. The van der Waals surface area contributed by atoms with Gasteiger partial charge in [-0.25, -0.2) is 0 Å². The molecule has 3 aromatic carbocycles. The van der Waals surface area contributed by atoms with E-state index in [1.165, 1.54) is 0 Å². The van der Waals surface area contributed by atoms with Crippen LogP contribution in [0, 0.1) is 0 Å². The van der Waals surface area contributed by atoms with Crippen LogP contribution in [0.25, 0.3) is 0 Å². The molecule has 0 aliphatic heterocycles. The average molecular weight is 374 g/mol. The third kappa shape index (κ3) is 5.45. The summed E-state index contributed by atoms with van der Waals surface area (Å²) in [6.07, 6.45) is 0.310. The van der Waals surface area contributed by atoms with Crippen LogP contribution in [-0.2, 0) is 17.8 Å². The molecule has 0 saturated carbocycles. The average Bonchev–Trinajstić information content (AvgIpc) is 2.73. The van der Waals surface area contributed by atoms with E-state index >= 15 is 0 Å². The number of nitrogens with one attached hydrogen (secondary N) is 2. The minimum absolute atomic E-state index is 0.0945. The van der Waals surface area contributed by atoms with Crippen LogP contribution < -0.4 is 15.4 Å². The summed E-state index contributed by atoms with van der Waals surface area (Å²) in [5, 5.41) is 5.72. The van der Waals surface area contributed by atoms with Gasteiger partial charge in [0.2, 0.25) is 5.91 Å². The summed E-state index contributed by atoms with van der Waals surface area (Å²) in [6.45, 7) is 0.429. The molecule has 3 aromatic rings. The molecule has 0 unspecified atom stereocenters. The second-order valence-electron chi connectivity index (χ2n) is 6.32. The summed E-state index contributed by atoms with van der Waals surface area (Å²) < 4.78 is 5.12. The fourth-order valence-electron chi connectivity index (χ4n) is 2.72. The Labute approximate surface area is 164 Å². The van der Waals surface area contributed by atoms with Gasteiger partial charge in [-0.3, -0.25) is 9.59 Å². The van der Waals surface area contributed by atoms with Gasteiger partial charge in [-0.1, -0.05) is 42.5 Å². The van der Waals surface area contributed by atoms with E-state index in [-0.39, 0.29) is 11.8 Å². The number of rotatable bonds is 7. The molecule has 142 valence electrons. The molecule has 0 radical (unpaired) electrons. The number of amides is 2. The highest BCUT2D eigenvalue weighted by Gasteiger charge is 2.07. The molecule has 28 heavy (non-hydrogen) atoms. The number of methoxy groups -OCH3 is 1. The number of anilines is 1. The Balaban J connectivity index is 1.51. The van der Waals surface area contributed by atoms with Gasteiger partial charge in [0, 0.05) is 17.8 Å². The lowest BCUT2D eigenvalue weighted by molar-refractivity contribution is -0.115. The number of hydrogen-bond acceptors (Lipinski definition) is 3. The summed E-state index contributed by atoms with van der Waals surface area (Å²) in [5.74, 6) is 0.515. The van der Waals surface area contributed by atoms with Crippen molar-refractivity contribution in [3.8, 4) is 5.75 Å². The highest BCUT2D eigenvalue weighted by molar-refractivity contribution is 5.96. The van der Waals surface area contributed by atoms with Crippen LogP contribution in [0.4, 0.5) is 5.69 Å². The normalized spacial score (nSPS) is 10.2. The van der Waals surface area contributed by atoms with Gasteiger partial charge in [0.15, 0.2) is 0 Å². The van der Waals surface area contributed by atoms with Crippen molar-refractivity contribution in [1.82, 2.24) is 5.32 Å². The number of ether oxygens (including phenoxy) is 1. The zero-order valence-corrected chi connectivity index (χ0v) is 15.6. The predicted molar refractivity (Wildman–Crippen MR) is 109 cm³/mol. The van der Waals surface area contributed by atoms with E-state index < -0.39 is 0 Å². The minimum Gasteiger partial charge on any atom is -0.497 e. The number of carbonyl (C=O) groups excluding carboxylic acids is 2. The first-order valence-corrected chi connectivity index (χ1v) is 8.99. The zero-order valence-electron chi connectivity index (χ0n) is 15.6. The lowest BCUT2D eigenvalue weighted by Gasteiger charge is -2.08. The van der Waals surface area contributed by atoms with E-state index in [4.69, 9.17) is 4.74 Å². The Bertz CT molecular complexity index is 920. The topological polar surface area (TPSA) is 67.4 Å². The molecule has 0 saturated heterocycles. The van der Waals surface area contributed by atoms with E-state index in [0.29, 0.717) is 24.2 Å². The Morgan fingerprint density at radius 2 is 1.50 bits per heavy atom. The third-order valence-electron chi connectivity index (χ3n) is 4.25. The van der Waals surface area contributed by atoms with Gasteiger partial charge < -0.3 is 15.4 Å². The third-order valence-corrected chi connectivity index (χ3v) is 4.25. The molecule has 0 bridgehead atoms. The first kappa shape index (κ1) is 19.2. The van der Waals surface area contributed by atoms with Crippen molar-refractivity contribution in [3.63, 3.8) is 0 Å². The first-order chi connectivity index (χ1) is 13.6. The molecule has 0 aromatic heterocycles. The Morgan fingerprint density at radius 1 is 0.821 bits per heavy atom. The molecule has 5 nitrogen and oxygen atoms in total. The summed E-state index contributed by atoms with van der Waals surface area (Å²) in [4.78, 5) is 24.4. The van der Waals surface area contributed by atoms with Crippen molar-refractivity contribution >= 4 is 17.5 Å². The van der Waals surface area contributed by atoms with E-state index in [2.05, 4.69) is 10.6 Å². The standard InChI is InChI=1S/C23H22N2O3/c1-28-21-13-7-18(8-14-21)16-24-23(27)19-9-11-20(12-10-19)25-22(26)15-17-5-3-2-4-6-17/h2-14H,15-16H2,1H3,(H,24,27)(H,25,26). The van der Waals surface area contributed by atoms with Crippen LogP contribution in [-0.4, -0.2) is 18.9 Å². The van der Waals surface area contributed by atoms with E-state index in [0.717, 1.165) is 16.9 Å². The lowest BCUT2D eigenvalue weighted by Crippen LogP contribution is -2.22. The molecule has 0 heterocycles. The van der Waals surface area contributed by atoms with Crippen LogP contribution >= 0.6 is 0 Å². The minimum atomic E-state index is -0.169. The van der Waals surface area contributed by atoms with Crippen molar-refractivity contribution in [2.24, 2.45) is 0 Å². The van der Waals surface area contributed by atoms with Gasteiger partial charge >= 0.3 is 0 Å². The van der Waals surface area contributed by atoms with Gasteiger partial charge in [-0.2, -0.15) is 0 Å². The summed E-state index contributed by atoms with van der Waals surface area (Å²) >= 11 is 0. The van der Waals surface area contributed by atoms with Crippen LogP contribution in [0.3, 0.4) is 0 Å². The van der Waals surface area contributed by atoms with Crippen LogP contribution in [0.15, 0.2) is 78.9 Å². The molecular weight excluding hydrogens is 352 g/mol. The van der Waals surface area contributed by atoms with Crippen LogP contribution in [0.1, 0.15) is 21.5 Å². The highest BCUT2D eigenvalue weighted by Crippen LogP contribution is 2.13. The van der Waals surface area contributed by atoms with Gasteiger partial charge in [0.05, 0.1) is 13.5 Å². The highest BCUT2D eigenvalue weighted by atomic mass is 16.5. The molecule has 2 N–H and O–H groups in total. The maximum absolute atomic E-state index is 12.3. The Hall–Kier alpha value is -3.60. The van der Waals surface area contributed by atoms with Gasteiger partial charge in [0.25, 0.3) is 5.91 Å². The largest absolute Gasteiger partial charge is 0.497 e. The van der Waals surface area contributed by atoms with Crippen molar-refractivity contribution in [2.45, 2.75) is 13.0 Å². The quantitative estimate of drug-likeness (QED) is 0.661. The molecule has 3 rings (SSSR count). The molecule has 0 aliphatic rings. The monoisotopic (exact) mass is 374 g/mol. The van der Waals surface area contributed by atoms with Crippen molar-refractivity contribution in [2.75, 3.05) is 12.4 Å². The molecule has 2 amide bonds. The van der Waals surface area contributed by atoms with Gasteiger partial charge in [-0.15, -0.1) is 0 Å². The van der Waals surface area contributed by atoms with Gasteiger partial charge in [0.1, 0.15) is 5.75 Å². The van der Waals surface area contributed by atoms with Gasteiger partial charge in [-0.05, 0) is 47.5 Å². The summed E-state index contributed by atoms with van der Waals surface area (Å²) in [6, 6.07) is 23.9. The Kier molecular flexibility index (Phi) is 6.41. The summed E-state index contributed by atoms with van der Waals surface area (Å²) in [5.41, 5.74) is 3.13. The maximum atomic E-state index is 12.3. The molecule has 5 heteroatoms. The number of hydrogen-bond donors (Lipinski definition) is 2. The maximum Gasteiger partial charge on any atom is 0.251 e. The molecular formula is C23H22N2O3. The molecule has 0 atom stereocenters. The van der Waals surface area contributed by atoms with E-state index in [1.807, 2.05) is 54.6 Å². The fourth-order valence-corrected chi connectivity index (χ4v) is 2.72. The Morgan fingerprint density at radius 3 is 2.14 bits per heavy atom. The number of benzene rings is 3. The lowest BCUT2D eigenvalue weighted by atomic mass is 10.1. The fraction of sp³-hybridized carbons (Fsp3) is 0.130. The molecule has 0 spiro atoms. The zero-order chi connectivity index (χ0) is 19.8. The second-order valence-corrected chi connectivity index (χ2v) is 6.32. The first-order valence-electron chi connectivity index (χ1n) is 8.99. The second kappa shape index (κ2) is 9.37. The summed E-state index contributed by atoms with van der Waals surface area (Å²) in [7, 11) is 1.62. The van der Waals surface area contributed by atoms with Crippen LogP contribution in [0.2, 0.25) is 0 Å². The molecule has 0 aliphatic carbocycles. The van der Waals surface area contributed by atoms with E-state index in [9.17, 15) is 9.59 Å².